The van der Waals surface area contributed by atoms with Crippen LogP contribution >= 0.6 is 31.9 Å². The van der Waals surface area contributed by atoms with Crippen LogP contribution in [-0.4, -0.2) is 0 Å². The van der Waals surface area contributed by atoms with Gasteiger partial charge in [0.25, 0.3) is 0 Å². The molecule has 0 saturated carbocycles. The van der Waals surface area contributed by atoms with Gasteiger partial charge in [-0.1, -0.05) is 22.9 Å². The Labute approximate surface area is 100 Å². The Bertz CT molecular complexity index is 350. The predicted octanol–water partition coefficient (Wildman–Crippen LogP) is 3.93. The lowest BCUT2D eigenvalue weighted by Gasteiger charge is -2.24. The molecule has 14 heavy (non-hydrogen) atoms. The fourth-order valence-electron chi connectivity index (χ4n) is 1.16. The van der Waals surface area contributed by atoms with Gasteiger partial charge in [-0.3, -0.25) is 0 Å². The number of hydrogen-bond acceptors (Lipinski definition) is 1. The molecule has 1 nitrogen and oxygen atoms in total. The highest BCUT2D eigenvalue weighted by molar-refractivity contribution is 9.11. The fraction of sp³-hybridized carbons (Fsp3) is 0.400. The Balaban J connectivity index is 3.34. The molecule has 1 unspecified atom stereocenters. The van der Waals surface area contributed by atoms with Crippen LogP contribution in [0.15, 0.2) is 21.1 Å². The highest BCUT2D eigenvalue weighted by Gasteiger charge is 2.24. The first-order chi connectivity index (χ1) is 6.38. The Morgan fingerprint density at radius 1 is 1.43 bits per heavy atom. The van der Waals surface area contributed by atoms with Gasteiger partial charge in [-0.15, -0.1) is 0 Å². The molecular weight excluding hydrogens is 313 g/mol. The maximum atomic E-state index is 13.7. The molecule has 0 amide bonds. The van der Waals surface area contributed by atoms with E-state index in [1.54, 1.807) is 12.1 Å². The van der Waals surface area contributed by atoms with Crippen molar-refractivity contribution in [1.29, 1.82) is 0 Å². The fourth-order valence-corrected chi connectivity index (χ4v) is 2.39. The van der Waals surface area contributed by atoms with Crippen LogP contribution in [0.1, 0.15) is 25.8 Å². The molecule has 0 spiro atoms. The van der Waals surface area contributed by atoms with Crippen LogP contribution in [0.5, 0.6) is 0 Å². The van der Waals surface area contributed by atoms with E-state index in [9.17, 15) is 4.39 Å². The summed E-state index contributed by atoms with van der Waals surface area (Å²) in [7, 11) is 0. The van der Waals surface area contributed by atoms with Crippen LogP contribution in [-0.2, 0) is 5.54 Å². The third kappa shape index (κ3) is 2.35. The second-order valence-corrected chi connectivity index (χ2v) is 5.29. The third-order valence-corrected chi connectivity index (χ3v) is 3.38. The van der Waals surface area contributed by atoms with Gasteiger partial charge in [-0.2, -0.15) is 0 Å². The first-order valence-electron chi connectivity index (χ1n) is 4.32. The SMILES string of the molecule is CCC(C)(N)c1cc(Br)cc(Br)c1F. The van der Waals surface area contributed by atoms with Gasteiger partial charge < -0.3 is 5.73 Å². The van der Waals surface area contributed by atoms with E-state index >= 15 is 0 Å². The first-order valence-corrected chi connectivity index (χ1v) is 5.91. The van der Waals surface area contributed by atoms with Gasteiger partial charge in [0.15, 0.2) is 0 Å². The van der Waals surface area contributed by atoms with Crippen molar-refractivity contribution in [2.45, 2.75) is 25.8 Å². The van der Waals surface area contributed by atoms with E-state index in [2.05, 4.69) is 31.9 Å². The maximum Gasteiger partial charge on any atom is 0.142 e. The van der Waals surface area contributed by atoms with Gasteiger partial charge in [0.2, 0.25) is 0 Å². The van der Waals surface area contributed by atoms with Gasteiger partial charge >= 0.3 is 0 Å². The molecule has 0 heterocycles. The normalized spacial score (nSPS) is 15.3. The van der Waals surface area contributed by atoms with Gasteiger partial charge in [0.1, 0.15) is 5.82 Å². The zero-order chi connectivity index (χ0) is 10.9. The monoisotopic (exact) mass is 323 g/mol. The van der Waals surface area contributed by atoms with E-state index in [4.69, 9.17) is 5.73 Å². The van der Waals surface area contributed by atoms with Crippen molar-refractivity contribution >= 4 is 31.9 Å². The lowest BCUT2D eigenvalue weighted by molar-refractivity contribution is 0.444. The highest BCUT2D eigenvalue weighted by atomic mass is 79.9. The van der Waals surface area contributed by atoms with Crippen molar-refractivity contribution in [3.63, 3.8) is 0 Å². The van der Waals surface area contributed by atoms with E-state index in [0.29, 0.717) is 16.5 Å². The Hall–Kier alpha value is 0.0700. The summed E-state index contributed by atoms with van der Waals surface area (Å²) in [6, 6.07) is 3.40. The highest BCUT2D eigenvalue weighted by Crippen LogP contribution is 2.31. The molecule has 4 heteroatoms. The van der Waals surface area contributed by atoms with Crippen LogP contribution in [0.25, 0.3) is 0 Å². The van der Waals surface area contributed by atoms with Crippen molar-refractivity contribution in [1.82, 2.24) is 0 Å². The summed E-state index contributed by atoms with van der Waals surface area (Å²) in [6.07, 6.45) is 0.687. The second kappa shape index (κ2) is 4.29. The average molecular weight is 325 g/mol. The topological polar surface area (TPSA) is 26.0 Å². The van der Waals surface area contributed by atoms with Crippen LogP contribution in [0.3, 0.4) is 0 Å². The van der Waals surface area contributed by atoms with E-state index in [0.717, 1.165) is 4.47 Å². The summed E-state index contributed by atoms with van der Waals surface area (Å²) in [5, 5.41) is 0. The molecule has 78 valence electrons. The van der Waals surface area contributed by atoms with Gasteiger partial charge in [-0.25, -0.2) is 4.39 Å². The molecule has 0 aromatic heterocycles. The summed E-state index contributed by atoms with van der Waals surface area (Å²) in [5.41, 5.74) is 5.89. The number of benzene rings is 1. The molecule has 0 fully saturated rings. The molecule has 1 atom stereocenters. The van der Waals surface area contributed by atoms with Crippen molar-refractivity contribution < 1.29 is 4.39 Å². The Morgan fingerprint density at radius 2 is 2.00 bits per heavy atom. The molecule has 0 aliphatic carbocycles. The summed E-state index contributed by atoms with van der Waals surface area (Å²) in [6.45, 7) is 3.76. The maximum absolute atomic E-state index is 13.7. The molecule has 1 rings (SSSR count). The number of halogens is 3. The van der Waals surface area contributed by atoms with Gasteiger partial charge in [0.05, 0.1) is 4.47 Å². The molecule has 0 aliphatic heterocycles. The molecule has 1 aromatic rings. The minimum absolute atomic E-state index is 0.278. The molecule has 1 aromatic carbocycles. The molecule has 0 saturated heterocycles. The molecule has 0 radical (unpaired) electrons. The van der Waals surface area contributed by atoms with E-state index in [1.807, 2.05) is 13.8 Å². The van der Waals surface area contributed by atoms with Crippen LogP contribution in [0, 0.1) is 5.82 Å². The quantitative estimate of drug-likeness (QED) is 0.819. The third-order valence-electron chi connectivity index (χ3n) is 2.34. The summed E-state index contributed by atoms with van der Waals surface area (Å²) < 4.78 is 15.0. The van der Waals surface area contributed by atoms with Crippen molar-refractivity contribution in [3.05, 3.63) is 32.5 Å². The van der Waals surface area contributed by atoms with Crippen molar-refractivity contribution in [3.8, 4) is 0 Å². The summed E-state index contributed by atoms with van der Waals surface area (Å²) in [5.74, 6) is -0.278. The van der Waals surface area contributed by atoms with Crippen LogP contribution in [0.2, 0.25) is 0 Å². The van der Waals surface area contributed by atoms with E-state index in [-0.39, 0.29) is 5.82 Å². The van der Waals surface area contributed by atoms with E-state index < -0.39 is 5.54 Å². The van der Waals surface area contributed by atoms with Crippen LogP contribution < -0.4 is 5.73 Å². The van der Waals surface area contributed by atoms with Crippen molar-refractivity contribution in [2.24, 2.45) is 5.73 Å². The van der Waals surface area contributed by atoms with Crippen molar-refractivity contribution in [2.75, 3.05) is 0 Å². The smallest absolute Gasteiger partial charge is 0.142 e. The summed E-state index contributed by atoms with van der Waals surface area (Å²) >= 11 is 6.47. The van der Waals surface area contributed by atoms with E-state index in [1.165, 1.54) is 0 Å². The van der Waals surface area contributed by atoms with Gasteiger partial charge in [0, 0.05) is 15.6 Å². The lowest BCUT2D eigenvalue weighted by atomic mass is 9.90. The molecular formula is C10H12Br2FN. The molecule has 0 bridgehead atoms. The Kier molecular flexibility index (Phi) is 3.72. The number of rotatable bonds is 2. The minimum atomic E-state index is -0.629. The predicted molar refractivity (Wildman–Crippen MR) is 63.6 cm³/mol. The standard InChI is InChI=1S/C10H12Br2FN/c1-3-10(2,14)7-4-6(11)5-8(12)9(7)13/h4-5H,3,14H2,1-2H3. The Morgan fingerprint density at radius 3 is 2.50 bits per heavy atom. The lowest BCUT2D eigenvalue weighted by Crippen LogP contribution is -2.33. The van der Waals surface area contributed by atoms with Gasteiger partial charge in [-0.05, 0) is 41.4 Å². The first kappa shape index (κ1) is 12.1. The zero-order valence-corrected chi connectivity index (χ0v) is 11.2. The average Bonchev–Trinajstić information content (AvgIpc) is 2.11. The number of nitrogens with two attached hydrogens (primary N) is 1. The second-order valence-electron chi connectivity index (χ2n) is 3.52. The molecule has 2 N–H and O–H groups in total. The molecule has 0 aliphatic rings. The number of hydrogen-bond donors (Lipinski definition) is 1. The largest absolute Gasteiger partial charge is 0.322 e. The zero-order valence-electron chi connectivity index (χ0n) is 8.07. The summed E-state index contributed by atoms with van der Waals surface area (Å²) in [4.78, 5) is 0. The minimum Gasteiger partial charge on any atom is -0.322 e. The van der Waals surface area contributed by atoms with Crippen LogP contribution in [0.4, 0.5) is 4.39 Å².